The SMILES string of the molecule is CCC(CC)COc1ccc(C)cc1[C@@H](C)N. The molecule has 0 saturated carbocycles. The largest absolute Gasteiger partial charge is 0.493 e. The Morgan fingerprint density at radius 1 is 1.24 bits per heavy atom. The lowest BCUT2D eigenvalue weighted by molar-refractivity contribution is 0.238. The van der Waals surface area contributed by atoms with E-state index in [4.69, 9.17) is 10.5 Å². The summed E-state index contributed by atoms with van der Waals surface area (Å²) in [6, 6.07) is 6.25. The number of hydrogen-bond acceptors (Lipinski definition) is 2. The molecule has 0 aliphatic carbocycles. The molecule has 1 atom stereocenters. The molecule has 0 aliphatic rings. The van der Waals surface area contributed by atoms with Gasteiger partial charge in [-0.05, 0) is 25.8 Å². The van der Waals surface area contributed by atoms with Gasteiger partial charge in [-0.1, -0.05) is 44.4 Å². The van der Waals surface area contributed by atoms with Gasteiger partial charge in [-0.2, -0.15) is 0 Å². The monoisotopic (exact) mass is 235 g/mol. The number of rotatable bonds is 6. The van der Waals surface area contributed by atoms with Crippen LogP contribution in [-0.4, -0.2) is 6.61 Å². The Bertz CT molecular complexity index is 343. The van der Waals surface area contributed by atoms with E-state index in [0.717, 1.165) is 30.8 Å². The molecule has 2 heteroatoms. The molecule has 0 aromatic heterocycles. The smallest absolute Gasteiger partial charge is 0.124 e. The predicted octanol–water partition coefficient (Wildman–Crippen LogP) is 3.83. The minimum absolute atomic E-state index is 0.0200. The molecule has 0 bridgehead atoms. The Hall–Kier alpha value is -1.02. The van der Waals surface area contributed by atoms with Crippen molar-refractivity contribution in [3.05, 3.63) is 29.3 Å². The summed E-state index contributed by atoms with van der Waals surface area (Å²) in [6.07, 6.45) is 2.33. The molecule has 0 radical (unpaired) electrons. The van der Waals surface area contributed by atoms with E-state index < -0.39 is 0 Å². The van der Waals surface area contributed by atoms with Gasteiger partial charge in [0.1, 0.15) is 5.75 Å². The van der Waals surface area contributed by atoms with Gasteiger partial charge in [-0.15, -0.1) is 0 Å². The Morgan fingerprint density at radius 3 is 2.41 bits per heavy atom. The number of ether oxygens (including phenoxy) is 1. The molecule has 1 aromatic carbocycles. The van der Waals surface area contributed by atoms with Crippen LogP contribution < -0.4 is 10.5 Å². The molecule has 0 aliphatic heterocycles. The van der Waals surface area contributed by atoms with Crippen LogP contribution in [0.5, 0.6) is 5.75 Å². The summed E-state index contributed by atoms with van der Waals surface area (Å²) in [5.41, 5.74) is 8.31. The summed E-state index contributed by atoms with van der Waals surface area (Å²) in [5, 5.41) is 0. The lowest BCUT2D eigenvalue weighted by Gasteiger charge is -2.18. The lowest BCUT2D eigenvalue weighted by Crippen LogP contribution is -2.13. The molecular weight excluding hydrogens is 210 g/mol. The molecule has 2 N–H and O–H groups in total. The highest BCUT2D eigenvalue weighted by Crippen LogP contribution is 2.26. The summed E-state index contributed by atoms with van der Waals surface area (Å²) >= 11 is 0. The molecular formula is C15H25NO. The first-order valence-corrected chi connectivity index (χ1v) is 6.57. The van der Waals surface area contributed by atoms with Crippen LogP contribution in [0.3, 0.4) is 0 Å². The highest BCUT2D eigenvalue weighted by atomic mass is 16.5. The van der Waals surface area contributed by atoms with Crippen molar-refractivity contribution < 1.29 is 4.74 Å². The maximum atomic E-state index is 5.97. The Morgan fingerprint density at radius 2 is 1.88 bits per heavy atom. The Labute approximate surface area is 105 Å². The zero-order valence-electron chi connectivity index (χ0n) is 11.5. The minimum Gasteiger partial charge on any atom is -0.493 e. The third kappa shape index (κ3) is 4.04. The van der Waals surface area contributed by atoms with Gasteiger partial charge in [-0.25, -0.2) is 0 Å². The van der Waals surface area contributed by atoms with Crippen molar-refractivity contribution in [3.8, 4) is 5.75 Å². The van der Waals surface area contributed by atoms with E-state index in [1.54, 1.807) is 0 Å². The average Bonchev–Trinajstić information content (AvgIpc) is 2.31. The normalized spacial score (nSPS) is 12.8. The zero-order chi connectivity index (χ0) is 12.8. The molecule has 96 valence electrons. The summed E-state index contributed by atoms with van der Waals surface area (Å²) in [6.45, 7) is 9.28. The van der Waals surface area contributed by atoms with E-state index in [1.165, 1.54) is 5.56 Å². The molecule has 0 unspecified atom stereocenters. The van der Waals surface area contributed by atoms with E-state index >= 15 is 0 Å². The van der Waals surface area contributed by atoms with Crippen LogP contribution in [0.4, 0.5) is 0 Å². The maximum Gasteiger partial charge on any atom is 0.124 e. The fraction of sp³-hybridized carbons (Fsp3) is 0.600. The first-order chi connectivity index (χ1) is 8.08. The molecule has 2 nitrogen and oxygen atoms in total. The van der Waals surface area contributed by atoms with Gasteiger partial charge in [0.05, 0.1) is 6.61 Å². The highest BCUT2D eigenvalue weighted by molar-refractivity contribution is 5.38. The molecule has 0 heterocycles. The van der Waals surface area contributed by atoms with E-state index in [9.17, 15) is 0 Å². The number of aryl methyl sites for hydroxylation is 1. The summed E-state index contributed by atoms with van der Waals surface area (Å²) in [4.78, 5) is 0. The third-order valence-corrected chi connectivity index (χ3v) is 3.29. The van der Waals surface area contributed by atoms with Gasteiger partial charge in [0.2, 0.25) is 0 Å². The van der Waals surface area contributed by atoms with Crippen LogP contribution in [0, 0.1) is 12.8 Å². The Kier molecular flexibility index (Phi) is 5.49. The van der Waals surface area contributed by atoms with E-state index in [0.29, 0.717) is 5.92 Å². The van der Waals surface area contributed by atoms with Crippen molar-refractivity contribution in [1.82, 2.24) is 0 Å². The molecule has 0 saturated heterocycles. The zero-order valence-corrected chi connectivity index (χ0v) is 11.5. The van der Waals surface area contributed by atoms with Crippen LogP contribution in [-0.2, 0) is 0 Å². The minimum atomic E-state index is 0.0200. The van der Waals surface area contributed by atoms with Gasteiger partial charge in [0, 0.05) is 11.6 Å². The van der Waals surface area contributed by atoms with Gasteiger partial charge >= 0.3 is 0 Å². The molecule has 0 fully saturated rings. The number of nitrogens with two attached hydrogens (primary N) is 1. The van der Waals surface area contributed by atoms with Crippen molar-refractivity contribution in [1.29, 1.82) is 0 Å². The summed E-state index contributed by atoms with van der Waals surface area (Å²) in [7, 11) is 0. The topological polar surface area (TPSA) is 35.2 Å². The fourth-order valence-electron chi connectivity index (χ4n) is 1.89. The standard InChI is InChI=1S/C15H25NO/c1-5-13(6-2)10-17-15-8-7-11(3)9-14(15)12(4)16/h7-9,12-13H,5-6,10,16H2,1-4H3/t12-/m1/s1. The third-order valence-electron chi connectivity index (χ3n) is 3.29. The van der Waals surface area contributed by atoms with E-state index in [2.05, 4.69) is 32.9 Å². The van der Waals surface area contributed by atoms with Crippen molar-refractivity contribution in [2.24, 2.45) is 11.7 Å². The van der Waals surface area contributed by atoms with Crippen molar-refractivity contribution in [3.63, 3.8) is 0 Å². The van der Waals surface area contributed by atoms with Crippen LogP contribution >= 0.6 is 0 Å². The second-order valence-electron chi connectivity index (χ2n) is 4.82. The predicted molar refractivity (Wildman–Crippen MR) is 73.3 cm³/mol. The van der Waals surface area contributed by atoms with Gasteiger partial charge in [0.15, 0.2) is 0 Å². The fourth-order valence-corrected chi connectivity index (χ4v) is 1.89. The lowest BCUT2D eigenvalue weighted by atomic mass is 10.0. The van der Waals surface area contributed by atoms with Gasteiger partial charge in [-0.3, -0.25) is 0 Å². The first-order valence-electron chi connectivity index (χ1n) is 6.57. The molecule has 0 spiro atoms. The molecule has 17 heavy (non-hydrogen) atoms. The molecule has 0 amide bonds. The van der Waals surface area contributed by atoms with Crippen LogP contribution in [0.1, 0.15) is 50.8 Å². The van der Waals surface area contributed by atoms with Crippen molar-refractivity contribution in [2.75, 3.05) is 6.61 Å². The first kappa shape index (κ1) is 14.0. The Balaban J connectivity index is 2.76. The van der Waals surface area contributed by atoms with Gasteiger partial charge in [0.25, 0.3) is 0 Å². The van der Waals surface area contributed by atoms with Gasteiger partial charge < -0.3 is 10.5 Å². The second-order valence-corrected chi connectivity index (χ2v) is 4.82. The maximum absolute atomic E-state index is 5.97. The number of benzene rings is 1. The van der Waals surface area contributed by atoms with E-state index in [1.807, 2.05) is 13.0 Å². The summed E-state index contributed by atoms with van der Waals surface area (Å²) in [5.74, 6) is 1.58. The van der Waals surface area contributed by atoms with Crippen LogP contribution in [0.2, 0.25) is 0 Å². The number of hydrogen-bond donors (Lipinski definition) is 1. The van der Waals surface area contributed by atoms with Crippen LogP contribution in [0.15, 0.2) is 18.2 Å². The average molecular weight is 235 g/mol. The quantitative estimate of drug-likeness (QED) is 0.813. The van der Waals surface area contributed by atoms with E-state index in [-0.39, 0.29) is 6.04 Å². The molecule has 1 aromatic rings. The second kappa shape index (κ2) is 6.65. The van der Waals surface area contributed by atoms with Crippen molar-refractivity contribution >= 4 is 0 Å². The highest BCUT2D eigenvalue weighted by Gasteiger charge is 2.10. The summed E-state index contributed by atoms with van der Waals surface area (Å²) < 4.78 is 5.92. The molecule has 1 rings (SSSR count). The van der Waals surface area contributed by atoms with Crippen LogP contribution in [0.25, 0.3) is 0 Å². The van der Waals surface area contributed by atoms with Crippen molar-refractivity contribution in [2.45, 2.75) is 46.6 Å².